The van der Waals surface area contributed by atoms with Crippen LogP contribution in [0.4, 0.5) is 34.6 Å². The lowest BCUT2D eigenvalue weighted by atomic mass is 10.2. The van der Waals surface area contributed by atoms with Gasteiger partial charge in [-0.05, 0) is 30.3 Å². The monoisotopic (exact) mass is 416 g/mol. The lowest BCUT2D eigenvalue weighted by Gasteiger charge is -2.14. The van der Waals surface area contributed by atoms with Crippen LogP contribution in [0, 0.1) is 10.1 Å². The van der Waals surface area contributed by atoms with Crippen molar-refractivity contribution in [3.63, 3.8) is 0 Å². The summed E-state index contributed by atoms with van der Waals surface area (Å²) in [5.74, 6) is 0.592. The van der Waals surface area contributed by atoms with Crippen molar-refractivity contribution in [2.45, 2.75) is 0 Å². The van der Waals surface area contributed by atoms with Gasteiger partial charge < -0.3 is 25.8 Å². The number of rotatable bonds is 7. The highest BCUT2D eigenvalue weighted by Crippen LogP contribution is 2.36. The van der Waals surface area contributed by atoms with Crippen LogP contribution in [-0.2, 0) is 0 Å². The fourth-order valence-electron chi connectivity index (χ4n) is 2.53. The third-order valence-electron chi connectivity index (χ3n) is 3.83. The van der Waals surface area contributed by atoms with Crippen LogP contribution in [0.5, 0.6) is 11.5 Å². The molecule has 0 amide bonds. The summed E-state index contributed by atoms with van der Waals surface area (Å²) in [7, 11) is 2.98. The minimum atomic E-state index is -0.659. The summed E-state index contributed by atoms with van der Waals surface area (Å²) in [4.78, 5) is 19.1. The smallest absolute Gasteiger partial charge is 0.353 e. The Morgan fingerprint density at radius 3 is 2.55 bits per heavy atom. The number of benzene rings is 2. The van der Waals surface area contributed by atoms with Crippen LogP contribution < -0.4 is 25.8 Å². The molecule has 1 heterocycles. The first kappa shape index (κ1) is 20.0. The summed E-state index contributed by atoms with van der Waals surface area (Å²) in [6, 6.07) is 11.8. The molecule has 0 aliphatic heterocycles. The first-order valence-corrected chi connectivity index (χ1v) is 8.62. The highest BCUT2D eigenvalue weighted by molar-refractivity contribution is 6.30. The van der Waals surface area contributed by atoms with Crippen molar-refractivity contribution < 1.29 is 14.4 Å². The third-order valence-corrected chi connectivity index (χ3v) is 4.07. The molecule has 0 radical (unpaired) electrons. The van der Waals surface area contributed by atoms with Gasteiger partial charge in [-0.15, -0.1) is 0 Å². The second-order valence-corrected chi connectivity index (χ2v) is 6.15. The first-order chi connectivity index (χ1) is 13.9. The Bertz CT molecular complexity index is 1060. The Morgan fingerprint density at radius 2 is 1.90 bits per heavy atom. The number of anilines is 5. The van der Waals surface area contributed by atoms with Gasteiger partial charge in [-0.3, -0.25) is 10.1 Å². The molecule has 150 valence electrons. The van der Waals surface area contributed by atoms with E-state index in [0.717, 1.165) is 0 Å². The Kier molecular flexibility index (Phi) is 5.84. The van der Waals surface area contributed by atoms with Crippen LogP contribution in [0.1, 0.15) is 0 Å². The summed E-state index contributed by atoms with van der Waals surface area (Å²) < 4.78 is 10.5. The van der Waals surface area contributed by atoms with E-state index in [4.69, 9.17) is 26.8 Å². The number of hydrogen-bond donors (Lipinski definition) is 3. The number of nitrogens with one attached hydrogen (secondary N) is 2. The average molecular weight is 417 g/mol. The Labute approximate surface area is 170 Å². The van der Waals surface area contributed by atoms with Crippen LogP contribution in [-0.4, -0.2) is 29.1 Å². The molecule has 0 aliphatic carbocycles. The zero-order chi connectivity index (χ0) is 21.0. The quantitative estimate of drug-likeness (QED) is 0.383. The van der Waals surface area contributed by atoms with Crippen LogP contribution >= 0.6 is 11.6 Å². The largest absolute Gasteiger partial charge is 0.497 e. The van der Waals surface area contributed by atoms with Crippen molar-refractivity contribution in [3.05, 3.63) is 57.6 Å². The molecular formula is C18H17ClN6O4. The van der Waals surface area contributed by atoms with Crippen molar-refractivity contribution in [2.24, 2.45) is 0 Å². The van der Waals surface area contributed by atoms with Crippen LogP contribution in [0.25, 0.3) is 0 Å². The summed E-state index contributed by atoms with van der Waals surface area (Å²) in [5.41, 5.74) is 6.36. The summed E-state index contributed by atoms with van der Waals surface area (Å²) >= 11 is 5.98. The lowest BCUT2D eigenvalue weighted by Crippen LogP contribution is -2.09. The maximum absolute atomic E-state index is 11.5. The van der Waals surface area contributed by atoms with Gasteiger partial charge in [0.25, 0.3) is 0 Å². The molecule has 29 heavy (non-hydrogen) atoms. The molecule has 10 nitrogen and oxygen atoms in total. The third kappa shape index (κ3) is 4.55. The zero-order valence-electron chi connectivity index (χ0n) is 15.5. The van der Waals surface area contributed by atoms with Crippen molar-refractivity contribution >= 4 is 46.2 Å². The second kappa shape index (κ2) is 8.48. The number of nitro groups is 1. The van der Waals surface area contributed by atoms with E-state index in [2.05, 4.69) is 20.6 Å². The van der Waals surface area contributed by atoms with Crippen LogP contribution in [0.2, 0.25) is 5.02 Å². The highest BCUT2D eigenvalue weighted by Gasteiger charge is 2.24. The SMILES string of the molecule is COc1ccc(OC)c(Nc2nc(Nc3cccc(Cl)c3)nc(N)c2[N+](=O)[O-])c1. The molecule has 0 fully saturated rings. The average Bonchev–Trinajstić information content (AvgIpc) is 2.67. The molecule has 0 unspecified atom stereocenters. The van der Waals surface area contributed by atoms with Gasteiger partial charge in [-0.1, -0.05) is 17.7 Å². The number of methoxy groups -OCH3 is 2. The number of hydrogen-bond acceptors (Lipinski definition) is 9. The Balaban J connectivity index is 2.04. The fourth-order valence-corrected chi connectivity index (χ4v) is 2.72. The number of aromatic nitrogens is 2. The van der Waals surface area contributed by atoms with E-state index in [9.17, 15) is 10.1 Å². The minimum Gasteiger partial charge on any atom is -0.497 e. The van der Waals surface area contributed by atoms with Gasteiger partial charge >= 0.3 is 5.69 Å². The fraction of sp³-hybridized carbons (Fsp3) is 0.111. The predicted molar refractivity (Wildman–Crippen MR) is 111 cm³/mol. The maximum atomic E-state index is 11.5. The van der Waals surface area contributed by atoms with Crippen molar-refractivity contribution in [1.82, 2.24) is 9.97 Å². The van der Waals surface area contributed by atoms with E-state index in [1.807, 2.05) is 0 Å². The van der Waals surface area contributed by atoms with E-state index in [-0.39, 0.29) is 17.6 Å². The standard InChI is InChI=1S/C18H17ClN6O4/c1-28-12-6-7-14(29-2)13(9-12)22-17-15(25(26)27)16(20)23-18(24-17)21-11-5-3-4-10(19)8-11/h3-9H,1-2H3,(H4,20,21,22,23,24). The number of halogens is 1. The van der Waals surface area contributed by atoms with Gasteiger partial charge in [0.05, 0.1) is 24.8 Å². The molecular weight excluding hydrogens is 400 g/mol. The molecule has 4 N–H and O–H groups in total. The van der Waals surface area contributed by atoms with E-state index in [1.165, 1.54) is 14.2 Å². The maximum Gasteiger partial charge on any atom is 0.353 e. The van der Waals surface area contributed by atoms with E-state index in [1.54, 1.807) is 42.5 Å². The van der Waals surface area contributed by atoms with Gasteiger partial charge in [0.15, 0.2) is 0 Å². The summed E-state index contributed by atoms with van der Waals surface area (Å²) in [6.45, 7) is 0. The van der Waals surface area contributed by atoms with E-state index in [0.29, 0.717) is 27.9 Å². The van der Waals surface area contributed by atoms with Gasteiger partial charge in [-0.25, -0.2) is 0 Å². The van der Waals surface area contributed by atoms with Gasteiger partial charge in [0.1, 0.15) is 11.5 Å². The molecule has 0 saturated carbocycles. The number of ether oxygens (including phenoxy) is 2. The minimum absolute atomic E-state index is 0.0553. The Morgan fingerprint density at radius 1 is 1.10 bits per heavy atom. The number of nitrogens with two attached hydrogens (primary N) is 1. The van der Waals surface area contributed by atoms with Crippen LogP contribution in [0.3, 0.4) is 0 Å². The summed E-state index contributed by atoms with van der Waals surface area (Å²) in [6.07, 6.45) is 0. The molecule has 11 heteroatoms. The molecule has 3 aromatic rings. The Hall–Kier alpha value is -3.79. The molecule has 2 aromatic carbocycles. The zero-order valence-corrected chi connectivity index (χ0v) is 16.2. The van der Waals surface area contributed by atoms with Crippen molar-refractivity contribution in [3.8, 4) is 11.5 Å². The second-order valence-electron chi connectivity index (χ2n) is 5.71. The van der Waals surface area contributed by atoms with Gasteiger partial charge in [0, 0.05) is 16.8 Å². The normalized spacial score (nSPS) is 10.3. The predicted octanol–water partition coefficient (Wildman–Crippen LogP) is 4.12. The summed E-state index contributed by atoms with van der Waals surface area (Å²) in [5, 5.41) is 17.8. The molecule has 0 saturated heterocycles. The first-order valence-electron chi connectivity index (χ1n) is 8.24. The topological polar surface area (TPSA) is 137 Å². The molecule has 0 aliphatic rings. The number of nitrogen functional groups attached to an aromatic ring is 1. The van der Waals surface area contributed by atoms with Crippen LogP contribution in [0.15, 0.2) is 42.5 Å². The van der Waals surface area contributed by atoms with E-state index < -0.39 is 10.6 Å². The molecule has 1 aromatic heterocycles. The molecule has 0 spiro atoms. The number of nitrogens with zero attached hydrogens (tertiary/aromatic N) is 3. The van der Waals surface area contributed by atoms with E-state index >= 15 is 0 Å². The highest BCUT2D eigenvalue weighted by atomic mass is 35.5. The molecule has 3 rings (SSSR count). The molecule has 0 bridgehead atoms. The molecule has 0 atom stereocenters. The lowest BCUT2D eigenvalue weighted by molar-refractivity contribution is -0.383. The van der Waals surface area contributed by atoms with Crippen molar-refractivity contribution in [2.75, 3.05) is 30.6 Å². The van der Waals surface area contributed by atoms with Gasteiger partial charge in [-0.2, -0.15) is 9.97 Å². The van der Waals surface area contributed by atoms with Gasteiger partial charge in [0.2, 0.25) is 17.6 Å². The van der Waals surface area contributed by atoms with Crippen molar-refractivity contribution in [1.29, 1.82) is 0 Å².